The standard InChI is InChI=1S/C14H19N3OS/c1-3-11(15)8-19-9-12-7-14(18)17-5-4-10(2)6-13(17)16-12/h4-7,11H,3,8-9,15H2,1-2H3. The van der Waals surface area contributed by atoms with Gasteiger partial charge >= 0.3 is 0 Å². The van der Waals surface area contributed by atoms with Crippen LogP contribution in [0.1, 0.15) is 24.6 Å². The topological polar surface area (TPSA) is 60.4 Å². The van der Waals surface area contributed by atoms with Crippen molar-refractivity contribution in [2.75, 3.05) is 5.75 Å². The molecule has 0 amide bonds. The largest absolute Gasteiger partial charge is 0.327 e. The number of thioether (sulfide) groups is 1. The summed E-state index contributed by atoms with van der Waals surface area (Å²) in [6.07, 6.45) is 2.74. The molecule has 1 unspecified atom stereocenters. The highest BCUT2D eigenvalue weighted by Gasteiger charge is 2.04. The van der Waals surface area contributed by atoms with Gasteiger partial charge in [0, 0.05) is 29.8 Å². The molecule has 0 fully saturated rings. The lowest BCUT2D eigenvalue weighted by Gasteiger charge is -2.08. The van der Waals surface area contributed by atoms with Crippen LogP contribution in [0.3, 0.4) is 0 Å². The Bertz CT molecular complexity index is 624. The number of hydrogen-bond acceptors (Lipinski definition) is 4. The Kier molecular flexibility index (Phi) is 4.61. The zero-order valence-electron chi connectivity index (χ0n) is 11.3. The number of aryl methyl sites for hydroxylation is 1. The lowest BCUT2D eigenvalue weighted by Crippen LogP contribution is -2.21. The Hall–Kier alpha value is -1.33. The summed E-state index contributed by atoms with van der Waals surface area (Å²) < 4.78 is 1.57. The SMILES string of the molecule is CCC(N)CSCc1cc(=O)n2ccc(C)cc2n1. The third-order valence-electron chi connectivity index (χ3n) is 2.98. The van der Waals surface area contributed by atoms with E-state index < -0.39 is 0 Å². The molecule has 0 spiro atoms. The Morgan fingerprint density at radius 3 is 3.00 bits per heavy atom. The third kappa shape index (κ3) is 3.58. The lowest BCUT2D eigenvalue weighted by atomic mass is 10.3. The van der Waals surface area contributed by atoms with Crippen molar-refractivity contribution < 1.29 is 0 Å². The Balaban J connectivity index is 2.18. The van der Waals surface area contributed by atoms with Crippen LogP contribution in [-0.2, 0) is 5.75 Å². The first-order chi connectivity index (χ1) is 9.10. The first-order valence-corrected chi connectivity index (χ1v) is 7.58. The minimum absolute atomic E-state index is 0.0274. The lowest BCUT2D eigenvalue weighted by molar-refractivity contribution is 0.724. The smallest absolute Gasteiger partial charge is 0.258 e. The van der Waals surface area contributed by atoms with E-state index in [4.69, 9.17) is 5.73 Å². The van der Waals surface area contributed by atoms with Gasteiger partial charge in [-0.2, -0.15) is 11.8 Å². The van der Waals surface area contributed by atoms with Crippen LogP contribution in [0.5, 0.6) is 0 Å². The van der Waals surface area contributed by atoms with Crippen molar-refractivity contribution in [2.24, 2.45) is 5.73 Å². The van der Waals surface area contributed by atoms with E-state index in [-0.39, 0.29) is 11.6 Å². The molecular weight excluding hydrogens is 258 g/mol. The number of fused-ring (bicyclic) bond motifs is 1. The fourth-order valence-electron chi connectivity index (χ4n) is 1.76. The molecule has 2 aromatic heterocycles. The molecule has 2 heterocycles. The molecule has 0 saturated heterocycles. The predicted molar refractivity (Wildman–Crippen MR) is 80.6 cm³/mol. The van der Waals surface area contributed by atoms with Gasteiger partial charge in [0.1, 0.15) is 5.65 Å². The second-order valence-electron chi connectivity index (χ2n) is 4.70. The van der Waals surface area contributed by atoms with Crippen LogP contribution in [0.25, 0.3) is 5.65 Å². The van der Waals surface area contributed by atoms with Gasteiger partial charge < -0.3 is 5.73 Å². The molecule has 0 bridgehead atoms. The molecule has 2 N–H and O–H groups in total. The van der Waals surface area contributed by atoms with Gasteiger partial charge in [-0.05, 0) is 31.0 Å². The summed E-state index contributed by atoms with van der Waals surface area (Å²) in [6.45, 7) is 4.07. The highest BCUT2D eigenvalue weighted by molar-refractivity contribution is 7.98. The maximum atomic E-state index is 12.0. The maximum Gasteiger partial charge on any atom is 0.258 e. The second kappa shape index (κ2) is 6.21. The van der Waals surface area contributed by atoms with Gasteiger partial charge in [0.15, 0.2) is 0 Å². The third-order valence-corrected chi connectivity index (χ3v) is 4.15. The van der Waals surface area contributed by atoms with Crippen LogP contribution in [0, 0.1) is 6.92 Å². The van der Waals surface area contributed by atoms with Gasteiger partial charge in [-0.15, -0.1) is 0 Å². The van der Waals surface area contributed by atoms with E-state index in [1.807, 2.05) is 19.1 Å². The van der Waals surface area contributed by atoms with Crippen molar-refractivity contribution >= 4 is 17.4 Å². The summed E-state index contributed by atoms with van der Waals surface area (Å²) in [7, 11) is 0. The first-order valence-electron chi connectivity index (χ1n) is 6.42. The molecule has 102 valence electrons. The fourth-order valence-corrected chi connectivity index (χ4v) is 2.77. The van der Waals surface area contributed by atoms with Crippen LogP contribution in [0.15, 0.2) is 29.2 Å². The fraction of sp³-hybridized carbons (Fsp3) is 0.429. The zero-order valence-corrected chi connectivity index (χ0v) is 12.1. The Morgan fingerprint density at radius 1 is 1.47 bits per heavy atom. The Labute approximate surface area is 117 Å². The van der Waals surface area contributed by atoms with Gasteiger partial charge in [-0.25, -0.2) is 4.98 Å². The van der Waals surface area contributed by atoms with Crippen LogP contribution in [0.2, 0.25) is 0 Å². The molecule has 2 rings (SSSR count). The summed E-state index contributed by atoms with van der Waals surface area (Å²) in [5, 5.41) is 0. The summed E-state index contributed by atoms with van der Waals surface area (Å²) in [6, 6.07) is 5.65. The molecule has 0 aliphatic carbocycles. The molecule has 5 heteroatoms. The second-order valence-corrected chi connectivity index (χ2v) is 5.73. The Morgan fingerprint density at radius 2 is 2.26 bits per heavy atom. The summed E-state index contributed by atoms with van der Waals surface area (Å²) in [4.78, 5) is 16.5. The molecule has 0 aromatic carbocycles. The molecule has 2 aromatic rings. The van der Waals surface area contributed by atoms with E-state index in [0.717, 1.165) is 29.2 Å². The molecular formula is C14H19N3OS. The molecule has 0 aliphatic rings. The van der Waals surface area contributed by atoms with Gasteiger partial charge in [-0.3, -0.25) is 9.20 Å². The molecule has 4 nitrogen and oxygen atoms in total. The number of nitrogens with zero attached hydrogens (tertiary/aromatic N) is 2. The average Bonchev–Trinajstić information content (AvgIpc) is 2.38. The van der Waals surface area contributed by atoms with E-state index in [9.17, 15) is 4.79 Å². The summed E-state index contributed by atoms with van der Waals surface area (Å²) in [5.74, 6) is 1.62. The van der Waals surface area contributed by atoms with E-state index in [1.165, 1.54) is 0 Å². The molecule has 0 aliphatic heterocycles. The number of pyridine rings is 1. The predicted octanol–water partition coefficient (Wildman–Crippen LogP) is 1.97. The number of rotatable bonds is 5. The van der Waals surface area contributed by atoms with Gasteiger partial charge in [0.25, 0.3) is 5.56 Å². The van der Waals surface area contributed by atoms with Crippen LogP contribution in [0.4, 0.5) is 0 Å². The minimum Gasteiger partial charge on any atom is -0.327 e. The minimum atomic E-state index is -0.0274. The van der Waals surface area contributed by atoms with E-state index in [1.54, 1.807) is 28.4 Å². The first kappa shape index (κ1) is 14.1. The van der Waals surface area contributed by atoms with Crippen LogP contribution >= 0.6 is 11.8 Å². The van der Waals surface area contributed by atoms with E-state index in [0.29, 0.717) is 5.65 Å². The average molecular weight is 277 g/mol. The molecule has 1 atom stereocenters. The van der Waals surface area contributed by atoms with Crippen molar-refractivity contribution in [1.29, 1.82) is 0 Å². The van der Waals surface area contributed by atoms with E-state index >= 15 is 0 Å². The molecule has 0 saturated carbocycles. The number of hydrogen-bond donors (Lipinski definition) is 1. The quantitative estimate of drug-likeness (QED) is 0.907. The van der Waals surface area contributed by atoms with Crippen molar-refractivity contribution in [3.63, 3.8) is 0 Å². The van der Waals surface area contributed by atoms with Gasteiger partial charge in [-0.1, -0.05) is 6.92 Å². The molecule has 19 heavy (non-hydrogen) atoms. The van der Waals surface area contributed by atoms with Crippen molar-refractivity contribution in [2.45, 2.75) is 32.1 Å². The zero-order chi connectivity index (χ0) is 13.8. The van der Waals surface area contributed by atoms with Gasteiger partial charge in [0.05, 0.1) is 5.69 Å². The number of aromatic nitrogens is 2. The van der Waals surface area contributed by atoms with Gasteiger partial charge in [0.2, 0.25) is 0 Å². The van der Waals surface area contributed by atoms with Crippen LogP contribution in [-0.4, -0.2) is 21.2 Å². The van der Waals surface area contributed by atoms with Crippen molar-refractivity contribution in [3.05, 3.63) is 46.0 Å². The maximum absolute atomic E-state index is 12.0. The summed E-state index contributed by atoms with van der Waals surface area (Å²) in [5.41, 5.74) is 8.48. The monoisotopic (exact) mass is 277 g/mol. The normalized spacial score (nSPS) is 12.8. The van der Waals surface area contributed by atoms with Crippen LogP contribution < -0.4 is 11.3 Å². The highest BCUT2D eigenvalue weighted by atomic mass is 32.2. The van der Waals surface area contributed by atoms with E-state index in [2.05, 4.69) is 11.9 Å². The number of nitrogens with two attached hydrogens (primary N) is 1. The summed E-state index contributed by atoms with van der Waals surface area (Å²) >= 11 is 1.72. The highest BCUT2D eigenvalue weighted by Crippen LogP contribution is 2.12. The molecule has 0 radical (unpaired) electrons. The van der Waals surface area contributed by atoms with Crippen molar-refractivity contribution in [3.8, 4) is 0 Å². The van der Waals surface area contributed by atoms with Crippen molar-refractivity contribution in [1.82, 2.24) is 9.38 Å².